The normalized spacial score (nSPS) is 15.7. The Hall–Kier alpha value is -3.26. The van der Waals surface area contributed by atoms with Gasteiger partial charge in [-0.25, -0.2) is 4.79 Å². The molecule has 1 aliphatic carbocycles. The molecule has 0 radical (unpaired) electrons. The van der Waals surface area contributed by atoms with Crippen LogP contribution in [0.1, 0.15) is 42.1 Å². The Morgan fingerprint density at radius 3 is 2.76 bits per heavy atom. The number of anilines is 1. The van der Waals surface area contributed by atoms with Crippen molar-refractivity contribution in [2.24, 2.45) is 0 Å². The maximum Gasteiger partial charge on any atom is 0.357 e. The average Bonchev–Trinajstić information content (AvgIpc) is 3.00. The molecule has 0 bridgehead atoms. The van der Waals surface area contributed by atoms with Gasteiger partial charge in [0.15, 0.2) is 5.56 Å². The highest BCUT2D eigenvalue weighted by atomic mass is 16.4. The Kier molecular flexibility index (Phi) is 3.47. The number of allylic oxidation sites excluding steroid dienone is 2. The van der Waals surface area contributed by atoms with Crippen molar-refractivity contribution < 1.29 is 4.42 Å². The zero-order chi connectivity index (χ0) is 17.6. The highest BCUT2D eigenvalue weighted by Crippen LogP contribution is 2.42. The number of hydrogen-bond acceptors (Lipinski definition) is 4. The van der Waals surface area contributed by atoms with Crippen molar-refractivity contribution in [3.63, 3.8) is 0 Å². The van der Waals surface area contributed by atoms with Crippen molar-refractivity contribution in [1.82, 2.24) is 4.98 Å². The zero-order valence-electron chi connectivity index (χ0n) is 13.8. The van der Waals surface area contributed by atoms with Crippen LogP contribution in [0.4, 0.5) is 5.69 Å². The molecule has 0 spiro atoms. The molecule has 2 aromatic heterocycles. The lowest BCUT2D eigenvalue weighted by molar-refractivity contribution is 0.548. The summed E-state index contributed by atoms with van der Waals surface area (Å²) in [6, 6.07) is 12.0. The molecule has 25 heavy (non-hydrogen) atoms. The predicted octanol–water partition coefficient (Wildman–Crippen LogP) is 3.84. The zero-order valence-corrected chi connectivity index (χ0v) is 13.8. The lowest BCUT2D eigenvalue weighted by Gasteiger charge is -2.19. The third-order valence-corrected chi connectivity index (χ3v) is 4.91. The van der Waals surface area contributed by atoms with Gasteiger partial charge in [0.2, 0.25) is 5.71 Å². The van der Waals surface area contributed by atoms with E-state index in [2.05, 4.69) is 24.0 Å². The Labute approximate surface area is 144 Å². The van der Waals surface area contributed by atoms with Crippen molar-refractivity contribution in [3.8, 4) is 6.07 Å². The molecule has 3 aromatic rings. The highest BCUT2D eigenvalue weighted by molar-refractivity contribution is 6.06. The number of benzene rings is 1. The first-order chi connectivity index (χ1) is 12.1. The fraction of sp³-hybridized carbons (Fsp3) is 0.200. The number of fused-ring (bicyclic) bond motifs is 3. The van der Waals surface area contributed by atoms with Crippen molar-refractivity contribution >= 4 is 27.9 Å². The first-order valence-electron chi connectivity index (χ1n) is 8.24. The lowest BCUT2D eigenvalue weighted by atomic mass is 9.85. The number of aryl methyl sites for hydroxylation is 1. The van der Waals surface area contributed by atoms with E-state index in [9.17, 15) is 10.1 Å². The minimum absolute atomic E-state index is 0.128. The van der Waals surface area contributed by atoms with Gasteiger partial charge in [0.25, 0.3) is 0 Å². The van der Waals surface area contributed by atoms with Crippen LogP contribution in [0.3, 0.4) is 0 Å². The van der Waals surface area contributed by atoms with Crippen molar-refractivity contribution in [2.45, 2.75) is 26.2 Å². The van der Waals surface area contributed by atoms with E-state index in [0.717, 1.165) is 36.1 Å². The second-order valence-electron chi connectivity index (χ2n) is 6.30. The van der Waals surface area contributed by atoms with E-state index < -0.39 is 5.63 Å². The van der Waals surface area contributed by atoms with Crippen LogP contribution >= 0.6 is 0 Å². The number of aromatic nitrogens is 1. The fourth-order valence-corrected chi connectivity index (χ4v) is 3.67. The third-order valence-electron chi connectivity index (χ3n) is 4.91. The van der Waals surface area contributed by atoms with Gasteiger partial charge < -0.3 is 15.1 Å². The van der Waals surface area contributed by atoms with E-state index in [0.29, 0.717) is 11.1 Å². The second kappa shape index (κ2) is 5.67. The Morgan fingerprint density at radius 2 is 2.04 bits per heavy atom. The van der Waals surface area contributed by atoms with E-state index in [-0.39, 0.29) is 11.3 Å². The Morgan fingerprint density at radius 1 is 1.28 bits per heavy atom. The predicted molar refractivity (Wildman–Crippen MR) is 97.8 cm³/mol. The number of nitrogens with zero attached hydrogens (tertiary/aromatic N) is 1. The summed E-state index contributed by atoms with van der Waals surface area (Å²) in [6.07, 6.45) is 2.79. The van der Waals surface area contributed by atoms with E-state index in [1.54, 1.807) is 0 Å². The number of nitrogens with one attached hydrogen (secondary N) is 1. The van der Waals surface area contributed by atoms with Crippen LogP contribution in [0.5, 0.6) is 0 Å². The second-order valence-corrected chi connectivity index (χ2v) is 6.30. The summed E-state index contributed by atoms with van der Waals surface area (Å²) >= 11 is 0. The number of nitrogens with two attached hydrogens (primary N) is 1. The van der Waals surface area contributed by atoms with Gasteiger partial charge in [0.05, 0.1) is 11.1 Å². The lowest BCUT2D eigenvalue weighted by Crippen LogP contribution is -2.09. The van der Waals surface area contributed by atoms with Crippen LogP contribution in [0.2, 0.25) is 0 Å². The standard InChI is InChI=1S/C20H17N3O2/c1-11(12-6-3-2-4-7-12)13-8-5-9-15-16(13)17-18(22)14(10-21)20(24)25-19(17)23-15/h2-4,6-7,23H,5,8-9,22H2,1H3/b13-11+. The van der Waals surface area contributed by atoms with E-state index in [1.165, 1.54) is 11.1 Å². The molecule has 0 amide bonds. The molecule has 1 aromatic carbocycles. The highest BCUT2D eigenvalue weighted by Gasteiger charge is 2.26. The molecule has 3 N–H and O–H groups in total. The molecule has 1 aliphatic rings. The van der Waals surface area contributed by atoms with Crippen molar-refractivity contribution in [3.05, 3.63) is 63.1 Å². The summed E-state index contributed by atoms with van der Waals surface area (Å²) in [5.41, 5.74) is 11.4. The third kappa shape index (κ3) is 2.26. The van der Waals surface area contributed by atoms with Gasteiger partial charge in [-0.05, 0) is 42.9 Å². The van der Waals surface area contributed by atoms with Crippen LogP contribution in [0.15, 0.2) is 39.5 Å². The summed E-state index contributed by atoms with van der Waals surface area (Å²) in [5, 5.41) is 9.89. The molecular formula is C20H17N3O2. The van der Waals surface area contributed by atoms with Gasteiger partial charge in [-0.2, -0.15) is 5.26 Å². The molecule has 124 valence electrons. The molecule has 0 unspecified atom stereocenters. The average molecular weight is 331 g/mol. The summed E-state index contributed by atoms with van der Waals surface area (Å²) in [4.78, 5) is 15.1. The summed E-state index contributed by atoms with van der Waals surface area (Å²) in [6.45, 7) is 2.10. The molecule has 0 saturated carbocycles. The number of nitrogen functional groups attached to an aromatic ring is 1. The van der Waals surface area contributed by atoms with Crippen molar-refractivity contribution in [2.75, 3.05) is 5.73 Å². The first-order valence-corrected chi connectivity index (χ1v) is 8.24. The largest absolute Gasteiger partial charge is 0.405 e. The summed E-state index contributed by atoms with van der Waals surface area (Å²) < 4.78 is 5.31. The van der Waals surface area contributed by atoms with Crippen LogP contribution in [-0.2, 0) is 6.42 Å². The number of rotatable bonds is 1. The topological polar surface area (TPSA) is 95.8 Å². The SMILES string of the molecule is C/C(=C1/CCCc2[nH]c3oc(=O)c(C#N)c(N)c3c21)c1ccccc1. The Bertz CT molecular complexity index is 1110. The quantitative estimate of drug-likeness (QED) is 0.708. The molecule has 0 saturated heterocycles. The molecule has 5 nitrogen and oxygen atoms in total. The number of H-pyrrole nitrogens is 1. The molecule has 0 fully saturated rings. The van der Waals surface area contributed by atoms with Gasteiger partial charge in [-0.15, -0.1) is 0 Å². The van der Waals surface area contributed by atoms with Crippen LogP contribution in [0, 0.1) is 11.3 Å². The maximum atomic E-state index is 11.9. The number of aromatic amines is 1. The number of hydrogen-bond donors (Lipinski definition) is 2. The van der Waals surface area contributed by atoms with E-state index >= 15 is 0 Å². The first kappa shape index (κ1) is 15.3. The minimum atomic E-state index is -0.698. The van der Waals surface area contributed by atoms with Gasteiger partial charge >= 0.3 is 5.63 Å². The smallest absolute Gasteiger partial charge is 0.357 e. The van der Waals surface area contributed by atoms with Gasteiger partial charge in [-0.3, -0.25) is 0 Å². The maximum absolute atomic E-state index is 11.9. The summed E-state index contributed by atoms with van der Waals surface area (Å²) in [5.74, 6) is 0. The van der Waals surface area contributed by atoms with Gasteiger partial charge in [0.1, 0.15) is 6.07 Å². The van der Waals surface area contributed by atoms with E-state index in [1.807, 2.05) is 24.3 Å². The monoisotopic (exact) mass is 331 g/mol. The summed E-state index contributed by atoms with van der Waals surface area (Å²) in [7, 11) is 0. The molecule has 5 heteroatoms. The van der Waals surface area contributed by atoms with Crippen LogP contribution < -0.4 is 11.4 Å². The number of nitriles is 1. The molecular weight excluding hydrogens is 314 g/mol. The van der Waals surface area contributed by atoms with Crippen molar-refractivity contribution in [1.29, 1.82) is 5.26 Å². The molecule has 0 atom stereocenters. The Balaban J connectivity index is 2.08. The van der Waals surface area contributed by atoms with Gasteiger partial charge in [0, 0.05) is 11.3 Å². The fourth-order valence-electron chi connectivity index (χ4n) is 3.67. The van der Waals surface area contributed by atoms with Gasteiger partial charge in [-0.1, -0.05) is 30.3 Å². The minimum Gasteiger partial charge on any atom is -0.405 e. The molecule has 4 rings (SSSR count). The van der Waals surface area contributed by atoms with E-state index in [4.69, 9.17) is 10.2 Å². The molecule has 2 heterocycles. The van der Waals surface area contributed by atoms with Crippen LogP contribution in [0.25, 0.3) is 22.2 Å². The molecule has 0 aliphatic heterocycles. The van der Waals surface area contributed by atoms with Crippen LogP contribution in [-0.4, -0.2) is 4.98 Å².